The van der Waals surface area contributed by atoms with E-state index in [0.29, 0.717) is 0 Å². The highest BCUT2D eigenvalue weighted by molar-refractivity contribution is 5.74. The minimum Gasteiger partial charge on any atom is -0.493 e. The number of nitro benzene ring substituents is 1. The summed E-state index contributed by atoms with van der Waals surface area (Å²) in [5.74, 6) is 0.142. The van der Waals surface area contributed by atoms with Crippen molar-refractivity contribution in [2.24, 2.45) is 0 Å². The van der Waals surface area contributed by atoms with Crippen LogP contribution in [0.3, 0.4) is 0 Å². The molecule has 0 fully saturated rings. The highest BCUT2D eigenvalue weighted by Gasteiger charge is 2.32. The lowest BCUT2D eigenvalue weighted by molar-refractivity contribution is -0.384. The van der Waals surface area contributed by atoms with Crippen molar-refractivity contribution in [3.8, 4) is 22.9 Å². The highest BCUT2D eigenvalue weighted by Crippen LogP contribution is 2.39. The molecule has 0 spiro atoms. The third-order valence-electron chi connectivity index (χ3n) is 3.67. The van der Waals surface area contributed by atoms with Crippen LogP contribution in [0.25, 0.3) is 17.0 Å². The van der Waals surface area contributed by atoms with E-state index in [9.17, 15) is 23.3 Å². The van der Waals surface area contributed by atoms with Gasteiger partial charge in [-0.25, -0.2) is 0 Å². The van der Waals surface area contributed by atoms with Gasteiger partial charge in [-0.15, -0.1) is 10.2 Å². The van der Waals surface area contributed by atoms with Crippen LogP contribution in [-0.4, -0.2) is 33.7 Å². The molecule has 26 heavy (non-hydrogen) atoms. The maximum Gasteiger partial charge on any atom is 0.417 e. The van der Waals surface area contributed by atoms with Gasteiger partial charge in [0.15, 0.2) is 23.0 Å². The summed E-state index contributed by atoms with van der Waals surface area (Å²) in [4.78, 5) is 10.7. The molecule has 3 rings (SSSR count). The van der Waals surface area contributed by atoms with E-state index in [1.807, 2.05) is 0 Å². The zero-order chi connectivity index (χ0) is 19.1. The van der Waals surface area contributed by atoms with Crippen molar-refractivity contribution in [1.29, 1.82) is 0 Å². The van der Waals surface area contributed by atoms with Gasteiger partial charge >= 0.3 is 6.18 Å². The first-order chi connectivity index (χ1) is 12.3. The van der Waals surface area contributed by atoms with Gasteiger partial charge in [-0.1, -0.05) is 0 Å². The van der Waals surface area contributed by atoms with Crippen molar-refractivity contribution in [2.45, 2.75) is 6.18 Å². The first kappa shape index (κ1) is 17.5. The second kappa shape index (κ2) is 6.17. The lowest BCUT2D eigenvalue weighted by atomic mass is 10.1. The predicted octanol–water partition coefficient (Wildman–Crippen LogP) is 3.34. The number of methoxy groups -OCH3 is 2. The molecule has 0 bridgehead atoms. The molecule has 0 saturated heterocycles. The number of hydrogen-bond donors (Lipinski definition) is 0. The van der Waals surface area contributed by atoms with E-state index in [1.165, 1.54) is 20.3 Å². The standard InChI is InChI=1S/C15H11F3N4O4/c1-25-11-5-9(10(22(23)24)6-12(11)26-2)14-20-19-13-4-3-8(7-21(13)14)15(16,17)18/h3-7H,1-2H3. The Bertz CT molecular complexity index is 1000. The molecule has 3 aromatic rings. The number of aromatic nitrogens is 3. The Morgan fingerprint density at radius 3 is 2.35 bits per heavy atom. The number of benzene rings is 1. The van der Waals surface area contributed by atoms with Crippen LogP contribution in [0.5, 0.6) is 11.5 Å². The van der Waals surface area contributed by atoms with Crippen LogP contribution in [0.2, 0.25) is 0 Å². The molecule has 2 aromatic heterocycles. The largest absolute Gasteiger partial charge is 0.493 e. The highest BCUT2D eigenvalue weighted by atomic mass is 19.4. The predicted molar refractivity (Wildman–Crippen MR) is 83.2 cm³/mol. The molecular weight excluding hydrogens is 357 g/mol. The molecule has 1 aromatic carbocycles. The monoisotopic (exact) mass is 368 g/mol. The summed E-state index contributed by atoms with van der Waals surface area (Å²) < 4.78 is 50.1. The van der Waals surface area contributed by atoms with Crippen LogP contribution in [0.4, 0.5) is 18.9 Å². The molecule has 0 amide bonds. The van der Waals surface area contributed by atoms with Gasteiger partial charge in [-0.2, -0.15) is 13.2 Å². The van der Waals surface area contributed by atoms with Crippen molar-refractivity contribution in [2.75, 3.05) is 14.2 Å². The van der Waals surface area contributed by atoms with Gasteiger partial charge in [-0.3, -0.25) is 14.5 Å². The third kappa shape index (κ3) is 2.87. The molecule has 0 radical (unpaired) electrons. The van der Waals surface area contributed by atoms with Gasteiger partial charge in [0.1, 0.15) is 5.56 Å². The lowest BCUT2D eigenvalue weighted by Crippen LogP contribution is -2.06. The maximum atomic E-state index is 13.0. The first-order valence-corrected chi connectivity index (χ1v) is 7.09. The summed E-state index contributed by atoms with van der Waals surface area (Å²) >= 11 is 0. The molecule has 2 heterocycles. The molecule has 11 heteroatoms. The summed E-state index contributed by atoms with van der Waals surface area (Å²) in [7, 11) is 2.64. The van der Waals surface area contributed by atoms with E-state index in [2.05, 4.69) is 10.2 Å². The van der Waals surface area contributed by atoms with Crippen molar-refractivity contribution < 1.29 is 27.6 Å². The Balaban J connectivity index is 2.30. The van der Waals surface area contributed by atoms with Crippen molar-refractivity contribution in [3.05, 3.63) is 46.1 Å². The fourth-order valence-electron chi connectivity index (χ4n) is 2.44. The van der Waals surface area contributed by atoms with E-state index in [0.717, 1.165) is 28.8 Å². The fourth-order valence-corrected chi connectivity index (χ4v) is 2.44. The minimum absolute atomic E-state index is 0.0560. The molecule has 136 valence electrons. The van der Waals surface area contributed by atoms with Crippen molar-refractivity contribution in [3.63, 3.8) is 0 Å². The Labute approximate surface area is 143 Å². The van der Waals surface area contributed by atoms with Crippen molar-refractivity contribution in [1.82, 2.24) is 14.6 Å². The molecule has 0 unspecified atom stereocenters. The number of alkyl halides is 3. The molecule has 0 aliphatic carbocycles. The number of fused-ring (bicyclic) bond motifs is 1. The summed E-state index contributed by atoms with van der Waals surface area (Å²) in [6.45, 7) is 0. The Hall–Kier alpha value is -3.37. The minimum atomic E-state index is -4.58. The van der Waals surface area contributed by atoms with Crippen LogP contribution < -0.4 is 9.47 Å². The Morgan fingerprint density at radius 2 is 1.77 bits per heavy atom. The zero-order valence-electron chi connectivity index (χ0n) is 13.4. The topological polar surface area (TPSA) is 91.8 Å². The molecule has 0 aliphatic rings. The average Bonchev–Trinajstić information content (AvgIpc) is 3.02. The second-order valence-corrected chi connectivity index (χ2v) is 5.15. The molecule has 8 nitrogen and oxygen atoms in total. The Morgan fingerprint density at radius 1 is 1.12 bits per heavy atom. The van der Waals surface area contributed by atoms with E-state index < -0.39 is 22.4 Å². The molecule has 0 saturated carbocycles. The van der Waals surface area contributed by atoms with Gasteiger partial charge in [0.25, 0.3) is 5.69 Å². The number of ether oxygens (including phenoxy) is 2. The SMILES string of the molecule is COc1cc(-c2nnc3ccc(C(F)(F)F)cn23)c([N+](=O)[O-])cc1OC. The van der Waals surface area contributed by atoms with Crippen LogP contribution >= 0.6 is 0 Å². The van der Waals surface area contributed by atoms with Gasteiger partial charge in [0.05, 0.1) is 30.8 Å². The molecule has 0 atom stereocenters. The van der Waals surface area contributed by atoms with E-state index in [1.54, 1.807) is 0 Å². The number of halogens is 3. The second-order valence-electron chi connectivity index (χ2n) is 5.15. The van der Waals surface area contributed by atoms with Gasteiger partial charge in [0, 0.05) is 12.3 Å². The summed E-state index contributed by atoms with van der Waals surface area (Å²) in [6.07, 6.45) is -3.80. The van der Waals surface area contributed by atoms with Crippen molar-refractivity contribution >= 4 is 11.3 Å². The summed E-state index contributed by atoms with van der Waals surface area (Å²) in [6, 6.07) is 4.37. The van der Waals surface area contributed by atoms with E-state index >= 15 is 0 Å². The summed E-state index contributed by atoms with van der Waals surface area (Å²) in [5.41, 5.74) is -1.29. The lowest BCUT2D eigenvalue weighted by Gasteiger charge is -2.10. The Kier molecular flexibility index (Phi) is 4.14. The fraction of sp³-hybridized carbons (Fsp3) is 0.200. The van der Waals surface area contributed by atoms with Crippen LogP contribution in [0.15, 0.2) is 30.5 Å². The third-order valence-corrected chi connectivity index (χ3v) is 3.67. The van der Waals surface area contributed by atoms with Crippen LogP contribution in [-0.2, 0) is 6.18 Å². The van der Waals surface area contributed by atoms with Crippen LogP contribution in [0, 0.1) is 10.1 Å². The van der Waals surface area contributed by atoms with Crippen LogP contribution in [0.1, 0.15) is 5.56 Å². The van der Waals surface area contributed by atoms with Gasteiger partial charge in [-0.05, 0) is 12.1 Å². The molecule has 0 N–H and O–H groups in total. The number of rotatable bonds is 4. The molecule has 0 aliphatic heterocycles. The average molecular weight is 368 g/mol. The summed E-state index contributed by atoms with van der Waals surface area (Å²) in [5, 5.41) is 19.0. The van der Waals surface area contributed by atoms with E-state index in [4.69, 9.17) is 9.47 Å². The number of pyridine rings is 1. The number of hydrogen-bond acceptors (Lipinski definition) is 6. The first-order valence-electron chi connectivity index (χ1n) is 7.09. The smallest absolute Gasteiger partial charge is 0.417 e. The molecular formula is C15H11F3N4O4. The normalized spacial score (nSPS) is 11.6. The number of nitro groups is 1. The number of nitrogens with zero attached hydrogens (tertiary/aromatic N) is 4. The van der Waals surface area contributed by atoms with E-state index in [-0.39, 0.29) is 28.5 Å². The zero-order valence-corrected chi connectivity index (χ0v) is 13.4. The maximum absolute atomic E-state index is 13.0. The van der Waals surface area contributed by atoms with Gasteiger partial charge in [0.2, 0.25) is 0 Å². The quantitative estimate of drug-likeness (QED) is 0.518. The van der Waals surface area contributed by atoms with Gasteiger partial charge < -0.3 is 9.47 Å².